The summed E-state index contributed by atoms with van der Waals surface area (Å²) >= 11 is 0. The number of nitro groups is 1. The molecule has 0 aromatic heterocycles. The number of rotatable bonds is 6. The van der Waals surface area contributed by atoms with E-state index in [9.17, 15) is 19.3 Å². The van der Waals surface area contributed by atoms with Gasteiger partial charge in [-0.25, -0.2) is 4.39 Å². The molecule has 0 bridgehead atoms. The van der Waals surface area contributed by atoms with Crippen LogP contribution in [0.1, 0.15) is 22.8 Å². The van der Waals surface area contributed by atoms with Gasteiger partial charge in [0, 0.05) is 24.7 Å². The van der Waals surface area contributed by atoms with Crippen molar-refractivity contribution in [1.29, 1.82) is 0 Å². The first-order valence-electron chi connectivity index (χ1n) is 7.42. The van der Waals surface area contributed by atoms with E-state index in [-0.39, 0.29) is 23.1 Å². The number of benzene rings is 2. The third kappa shape index (κ3) is 4.28. The van der Waals surface area contributed by atoms with E-state index in [0.29, 0.717) is 12.1 Å². The molecule has 1 atom stereocenters. The summed E-state index contributed by atoms with van der Waals surface area (Å²) in [5.41, 5.74) is 1.14. The molecule has 0 heterocycles. The molecular weight excluding hydrogens is 313 g/mol. The summed E-state index contributed by atoms with van der Waals surface area (Å²) in [5, 5.41) is 16.7. The molecule has 1 unspecified atom stereocenters. The zero-order valence-corrected chi connectivity index (χ0v) is 13.4. The molecule has 2 aromatic rings. The minimum absolute atomic E-state index is 0.156. The first-order chi connectivity index (χ1) is 11.4. The molecule has 0 radical (unpaired) electrons. The minimum Gasteiger partial charge on any atom is -0.377 e. The van der Waals surface area contributed by atoms with Crippen molar-refractivity contribution in [3.8, 4) is 0 Å². The number of anilines is 1. The van der Waals surface area contributed by atoms with E-state index < -0.39 is 10.8 Å². The Morgan fingerprint density at radius 2 is 2.04 bits per heavy atom. The normalized spacial score (nSPS) is 11.6. The maximum atomic E-state index is 13.2. The van der Waals surface area contributed by atoms with Gasteiger partial charge in [0.05, 0.1) is 4.92 Å². The van der Waals surface area contributed by atoms with Gasteiger partial charge in [0.15, 0.2) is 0 Å². The molecule has 0 fully saturated rings. The molecule has 126 valence electrons. The third-order valence-electron chi connectivity index (χ3n) is 3.52. The molecule has 2 aromatic carbocycles. The first kappa shape index (κ1) is 17.4. The van der Waals surface area contributed by atoms with Crippen molar-refractivity contribution < 1.29 is 14.1 Å². The highest BCUT2D eigenvalue weighted by Gasteiger charge is 2.18. The minimum atomic E-state index is -0.538. The summed E-state index contributed by atoms with van der Waals surface area (Å²) in [7, 11) is 1.46. The van der Waals surface area contributed by atoms with E-state index in [1.54, 1.807) is 12.1 Å². The average Bonchev–Trinajstić information content (AvgIpc) is 2.54. The molecule has 24 heavy (non-hydrogen) atoms. The van der Waals surface area contributed by atoms with E-state index in [1.165, 1.54) is 37.4 Å². The van der Waals surface area contributed by atoms with Crippen molar-refractivity contribution in [1.82, 2.24) is 5.32 Å². The van der Waals surface area contributed by atoms with E-state index in [2.05, 4.69) is 10.6 Å². The Bertz CT molecular complexity index is 764. The first-order valence-corrected chi connectivity index (χ1v) is 7.42. The van der Waals surface area contributed by atoms with Crippen molar-refractivity contribution in [2.75, 3.05) is 12.4 Å². The molecule has 6 nitrogen and oxygen atoms in total. The van der Waals surface area contributed by atoms with E-state index in [0.717, 1.165) is 5.56 Å². The predicted molar refractivity (Wildman–Crippen MR) is 89.7 cm³/mol. The number of nitrogens with zero attached hydrogens (tertiary/aromatic N) is 1. The smallest absolute Gasteiger partial charge is 0.293 e. The lowest BCUT2D eigenvalue weighted by Crippen LogP contribution is -2.20. The van der Waals surface area contributed by atoms with Crippen LogP contribution >= 0.6 is 0 Å². The van der Waals surface area contributed by atoms with Crippen LogP contribution < -0.4 is 10.6 Å². The van der Waals surface area contributed by atoms with Crippen molar-refractivity contribution in [3.05, 3.63) is 69.5 Å². The lowest BCUT2D eigenvalue weighted by molar-refractivity contribution is -0.384. The average molecular weight is 331 g/mol. The van der Waals surface area contributed by atoms with Gasteiger partial charge in [-0.1, -0.05) is 12.1 Å². The van der Waals surface area contributed by atoms with E-state index in [4.69, 9.17) is 0 Å². The maximum Gasteiger partial charge on any atom is 0.293 e. The SMILES string of the molecule is CNC(=O)c1ccc(NC(C)Cc2cccc(F)c2)c([N+](=O)[O-])c1. The van der Waals surface area contributed by atoms with Gasteiger partial charge in [0.1, 0.15) is 11.5 Å². The van der Waals surface area contributed by atoms with Crippen LogP contribution in [0.25, 0.3) is 0 Å². The van der Waals surface area contributed by atoms with E-state index in [1.807, 2.05) is 6.92 Å². The van der Waals surface area contributed by atoms with Gasteiger partial charge in [-0.3, -0.25) is 14.9 Å². The summed E-state index contributed by atoms with van der Waals surface area (Å²) in [4.78, 5) is 22.3. The van der Waals surface area contributed by atoms with Crippen LogP contribution in [0.3, 0.4) is 0 Å². The van der Waals surface area contributed by atoms with Gasteiger partial charge in [0.2, 0.25) is 0 Å². The van der Waals surface area contributed by atoms with Crippen molar-refractivity contribution in [2.24, 2.45) is 0 Å². The fourth-order valence-corrected chi connectivity index (χ4v) is 2.42. The number of halogens is 1. The second-order valence-corrected chi connectivity index (χ2v) is 5.45. The summed E-state index contributed by atoms with van der Waals surface area (Å²) in [6.07, 6.45) is 0.506. The summed E-state index contributed by atoms with van der Waals surface area (Å²) < 4.78 is 13.2. The summed E-state index contributed by atoms with van der Waals surface area (Å²) in [6, 6.07) is 10.3. The van der Waals surface area contributed by atoms with Crippen LogP contribution in [0.15, 0.2) is 42.5 Å². The predicted octanol–water partition coefficient (Wildman–Crippen LogP) is 3.14. The zero-order valence-electron chi connectivity index (χ0n) is 13.4. The van der Waals surface area contributed by atoms with Crippen LogP contribution in [-0.4, -0.2) is 23.9 Å². The highest BCUT2D eigenvalue weighted by atomic mass is 19.1. The van der Waals surface area contributed by atoms with Crippen molar-refractivity contribution in [3.63, 3.8) is 0 Å². The third-order valence-corrected chi connectivity index (χ3v) is 3.52. The number of carbonyl (C=O) groups excluding carboxylic acids is 1. The molecule has 1 amide bonds. The number of nitrogens with one attached hydrogen (secondary N) is 2. The summed E-state index contributed by atoms with van der Waals surface area (Å²) in [5.74, 6) is -0.710. The van der Waals surface area contributed by atoms with Gasteiger partial charge in [-0.2, -0.15) is 0 Å². The van der Waals surface area contributed by atoms with Crippen LogP contribution in [0.5, 0.6) is 0 Å². The van der Waals surface area contributed by atoms with Gasteiger partial charge in [0.25, 0.3) is 11.6 Å². The Morgan fingerprint density at radius 3 is 2.67 bits per heavy atom. The lowest BCUT2D eigenvalue weighted by atomic mass is 10.1. The molecule has 2 N–H and O–H groups in total. The number of amides is 1. The van der Waals surface area contributed by atoms with Crippen molar-refractivity contribution >= 4 is 17.3 Å². The van der Waals surface area contributed by atoms with Crippen molar-refractivity contribution in [2.45, 2.75) is 19.4 Å². The Balaban J connectivity index is 2.18. The molecule has 0 aliphatic carbocycles. The number of hydrogen-bond donors (Lipinski definition) is 2. The van der Waals surface area contributed by atoms with Crippen LogP contribution in [0.4, 0.5) is 15.8 Å². The fraction of sp³-hybridized carbons (Fsp3) is 0.235. The van der Waals surface area contributed by atoms with Gasteiger partial charge in [-0.05, 0) is 43.2 Å². The van der Waals surface area contributed by atoms with Crippen LogP contribution in [0.2, 0.25) is 0 Å². The quantitative estimate of drug-likeness (QED) is 0.629. The van der Waals surface area contributed by atoms with Crippen LogP contribution in [-0.2, 0) is 6.42 Å². The molecule has 0 aliphatic heterocycles. The Kier molecular flexibility index (Phi) is 5.47. The zero-order chi connectivity index (χ0) is 17.7. The molecule has 0 aliphatic rings. The topological polar surface area (TPSA) is 84.3 Å². The largest absolute Gasteiger partial charge is 0.377 e. The molecule has 7 heteroatoms. The van der Waals surface area contributed by atoms with E-state index >= 15 is 0 Å². The second-order valence-electron chi connectivity index (χ2n) is 5.45. The van der Waals surface area contributed by atoms with Gasteiger partial charge >= 0.3 is 0 Å². The Hall–Kier alpha value is -2.96. The highest BCUT2D eigenvalue weighted by molar-refractivity contribution is 5.95. The monoisotopic (exact) mass is 331 g/mol. The fourth-order valence-electron chi connectivity index (χ4n) is 2.42. The van der Waals surface area contributed by atoms with Gasteiger partial charge in [-0.15, -0.1) is 0 Å². The standard InChI is InChI=1S/C17H18FN3O3/c1-11(8-12-4-3-5-14(18)9-12)20-15-7-6-13(17(22)19-2)10-16(15)21(23)24/h3-7,9-11,20H,8H2,1-2H3,(H,19,22). The Morgan fingerprint density at radius 1 is 1.29 bits per heavy atom. The molecule has 0 spiro atoms. The highest BCUT2D eigenvalue weighted by Crippen LogP contribution is 2.26. The molecular formula is C17H18FN3O3. The number of hydrogen-bond acceptors (Lipinski definition) is 4. The van der Waals surface area contributed by atoms with Gasteiger partial charge < -0.3 is 10.6 Å². The molecule has 0 saturated heterocycles. The number of carbonyl (C=O) groups is 1. The molecule has 2 rings (SSSR count). The lowest BCUT2D eigenvalue weighted by Gasteiger charge is -2.16. The van der Waals surface area contributed by atoms with Crippen LogP contribution in [0, 0.1) is 15.9 Å². The summed E-state index contributed by atoms with van der Waals surface area (Å²) in [6.45, 7) is 1.85. The Labute approximate surface area is 138 Å². The second kappa shape index (κ2) is 7.54. The number of nitro benzene ring substituents is 1. The maximum absolute atomic E-state index is 13.2. The molecule has 0 saturated carbocycles.